The number of nitrogens with two attached hydrogens (primary N) is 1. The summed E-state index contributed by atoms with van der Waals surface area (Å²) >= 11 is 0. The molecular formula is C19H30ClN3O2. The summed E-state index contributed by atoms with van der Waals surface area (Å²) in [5.74, 6) is 0.318. The second-order valence-corrected chi connectivity index (χ2v) is 6.70. The van der Waals surface area contributed by atoms with Crippen LogP contribution < -0.4 is 11.1 Å². The van der Waals surface area contributed by atoms with Crippen LogP contribution >= 0.6 is 12.4 Å². The lowest BCUT2D eigenvalue weighted by Crippen LogP contribution is -2.43. The number of carbonyl (C=O) groups excluding carboxylic acids is 2. The number of piperidine rings is 1. The van der Waals surface area contributed by atoms with Crippen molar-refractivity contribution in [2.45, 2.75) is 45.1 Å². The van der Waals surface area contributed by atoms with Crippen molar-refractivity contribution in [3.63, 3.8) is 0 Å². The van der Waals surface area contributed by atoms with Gasteiger partial charge in [0, 0.05) is 38.0 Å². The largest absolute Gasteiger partial charge is 0.356 e. The van der Waals surface area contributed by atoms with Gasteiger partial charge in [-0.1, -0.05) is 30.3 Å². The molecule has 25 heavy (non-hydrogen) atoms. The molecule has 5 nitrogen and oxygen atoms in total. The zero-order valence-corrected chi connectivity index (χ0v) is 15.8. The highest BCUT2D eigenvalue weighted by Crippen LogP contribution is 2.18. The first-order valence-corrected chi connectivity index (χ1v) is 8.91. The van der Waals surface area contributed by atoms with E-state index >= 15 is 0 Å². The summed E-state index contributed by atoms with van der Waals surface area (Å²) < 4.78 is 0. The molecule has 140 valence electrons. The predicted molar refractivity (Wildman–Crippen MR) is 103 cm³/mol. The van der Waals surface area contributed by atoms with Crippen LogP contribution in [0.2, 0.25) is 0 Å². The third-order valence-electron chi connectivity index (χ3n) is 4.59. The third kappa shape index (κ3) is 7.45. The maximum Gasteiger partial charge on any atom is 0.223 e. The van der Waals surface area contributed by atoms with Crippen molar-refractivity contribution in [2.24, 2.45) is 11.7 Å². The Morgan fingerprint density at radius 2 is 1.88 bits per heavy atom. The minimum atomic E-state index is 0. The SMILES string of the molecule is CC(N)CCNC(=O)C1CCN(C(=O)CCc2ccccc2)CC1.Cl. The molecule has 0 saturated carbocycles. The summed E-state index contributed by atoms with van der Waals surface area (Å²) in [5, 5.41) is 2.95. The number of hydrogen-bond donors (Lipinski definition) is 2. The molecule has 0 spiro atoms. The average Bonchev–Trinajstić information content (AvgIpc) is 2.60. The highest BCUT2D eigenvalue weighted by atomic mass is 35.5. The molecule has 0 bridgehead atoms. The number of hydrogen-bond acceptors (Lipinski definition) is 3. The van der Waals surface area contributed by atoms with Gasteiger partial charge in [0.05, 0.1) is 0 Å². The lowest BCUT2D eigenvalue weighted by molar-refractivity contribution is -0.135. The summed E-state index contributed by atoms with van der Waals surface area (Å²) in [7, 11) is 0. The Bertz CT molecular complexity index is 529. The van der Waals surface area contributed by atoms with Gasteiger partial charge in [-0.25, -0.2) is 0 Å². The molecule has 2 amide bonds. The molecule has 1 aromatic carbocycles. The Morgan fingerprint density at radius 1 is 1.24 bits per heavy atom. The van der Waals surface area contributed by atoms with Crippen LogP contribution in [0.4, 0.5) is 0 Å². The standard InChI is InChI=1S/C19H29N3O2.ClH/c1-15(20)9-12-21-19(24)17-10-13-22(14-11-17)18(23)8-7-16-5-3-2-4-6-16;/h2-6,15,17H,7-14,20H2,1H3,(H,21,24);1H. The van der Waals surface area contributed by atoms with E-state index in [-0.39, 0.29) is 36.2 Å². The van der Waals surface area contributed by atoms with E-state index in [1.807, 2.05) is 42.2 Å². The fourth-order valence-electron chi connectivity index (χ4n) is 3.01. The van der Waals surface area contributed by atoms with Gasteiger partial charge in [0.1, 0.15) is 0 Å². The topological polar surface area (TPSA) is 75.4 Å². The number of likely N-dealkylation sites (tertiary alicyclic amines) is 1. The molecule has 0 aromatic heterocycles. The summed E-state index contributed by atoms with van der Waals surface area (Å²) in [6.45, 7) is 3.93. The molecule has 1 unspecified atom stereocenters. The zero-order valence-electron chi connectivity index (χ0n) is 14.9. The number of amides is 2. The Labute approximate surface area is 156 Å². The normalized spacial score (nSPS) is 16.0. The minimum absolute atomic E-state index is 0. The molecule has 0 aliphatic carbocycles. The van der Waals surface area contributed by atoms with Crippen LogP contribution in [0.1, 0.15) is 38.2 Å². The monoisotopic (exact) mass is 367 g/mol. The summed E-state index contributed by atoms with van der Waals surface area (Å²) in [5.41, 5.74) is 6.87. The Morgan fingerprint density at radius 3 is 2.48 bits per heavy atom. The van der Waals surface area contributed by atoms with Gasteiger partial charge in [-0.2, -0.15) is 0 Å². The first-order valence-electron chi connectivity index (χ1n) is 8.91. The van der Waals surface area contributed by atoms with Gasteiger partial charge < -0.3 is 16.0 Å². The average molecular weight is 368 g/mol. The zero-order chi connectivity index (χ0) is 17.4. The summed E-state index contributed by atoms with van der Waals surface area (Å²) in [6, 6.07) is 10.2. The van der Waals surface area contributed by atoms with E-state index in [1.165, 1.54) is 5.56 Å². The fraction of sp³-hybridized carbons (Fsp3) is 0.579. The first-order chi connectivity index (χ1) is 11.6. The van der Waals surface area contributed by atoms with Crippen LogP contribution in [0.25, 0.3) is 0 Å². The minimum Gasteiger partial charge on any atom is -0.356 e. The summed E-state index contributed by atoms with van der Waals surface area (Å²) in [4.78, 5) is 26.3. The Hall–Kier alpha value is -1.59. The fourth-order valence-corrected chi connectivity index (χ4v) is 3.01. The number of aryl methyl sites for hydroxylation is 1. The number of nitrogens with zero attached hydrogens (tertiary/aromatic N) is 1. The second kappa shape index (κ2) is 11.1. The van der Waals surface area contributed by atoms with Gasteiger partial charge in [0.15, 0.2) is 0 Å². The van der Waals surface area contributed by atoms with Crippen molar-refractivity contribution in [1.82, 2.24) is 10.2 Å². The van der Waals surface area contributed by atoms with Gasteiger partial charge in [-0.15, -0.1) is 12.4 Å². The molecule has 2 rings (SSSR count). The lowest BCUT2D eigenvalue weighted by Gasteiger charge is -2.31. The van der Waals surface area contributed by atoms with Crippen LogP contribution in [0, 0.1) is 5.92 Å². The molecule has 1 saturated heterocycles. The molecule has 0 radical (unpaired) electrons. The quantitative estimate of drug-likeness (QED) is 0.775. The van der Waals surface area contributed by atoms with Crippen LogP contribution in [-0.2, 0) is 16.0 Å². The number of rotatable bonds is 7. The maximum atomic E-state index is 12.3. The van der Waals surface area contributed by atoms with Crippen LogP contribution in [-0.4, -0.2) is 42.4 Å². The Kier molecular flexibility index (Phi) is 9.53. The van der Waals surface area contributed by atoms with Crippen LogP contribution in [0.15, 0.2) is 30.3 Å². The van der Waals surface area contributed by atoms with Gasteiger partial charge in [-0.3, -0.25) is 9.59 Å². The van der Waals surface area contributed by atoms with Crippen molar-refractivity contribution < 1.29 is 9.59 Å². The van der Waals surface area contributed by atoms with E-state index in [0.29, 0.717) is 26.1 Å². The van der Waals surface area contributed by atoms with E-state index in [0.717, 1.165) is 25.7 Å². The number of nitrogens with one attached hydrogen (secondary N) is 1. The van der Waals surface area contributed by atoms with Crippen molar-refractivity contribution in [3.8, 4) is 0 Å². The van der Waals surface area contributed by atoms with Crippen molar-refractivity contribution in [1.29, 1.82) is 0 Å². The van der Waals surface area contributed by atoms with Crippen LogP contribution in [0.5, 0.6) is 0 Å². The van der Waals surface area contributed by atoms with E-state index in [2.05, 4.69) is 5.32 Å². The first kappa shape index (κ1) is 21.5. The molecule has 1 fully saturated rings. The van der Waals surface area contributed by atoms with E-state index in [1.54, 1.807) is 0 Å². The number of carbonyl (C=O) groups is 2. The van der Waals surface area contributed by atoms with Gasteiger partial charge >= 0.3 is 0 Å². The smallest absolute Gasteiger partial charge is 0.223 e. The van der Waals surface area contributed by atoms with E-state index in [9.17, 15) is 9.59 Å². The highest BCUT2D eigenvalue weighted by Gasteiger charge is 2.26. The van der Waals surface area contributed by atoms with Crippen molar-refractivity contribution in [2.75, 3.05) is 19.6 Å². The molecule has 1 aliphatic rings. The van der Waals surface area contributed by atoms with Crippen molar-refractivity contribution in [3.05, 3.63) is 35.9 Å². The van der Waals surface area contributed by atoms with Gasteiger partial charge in [-0.05, 0) is 38.2 Å². The predicted octanol–water partition coefficient (Wildman–Crippen LogP) is 2.13. The highest BCUT2D eigenvalue weighted by molar-refractivity contribution is 5.85. The molecule has 6 heteroatoms. The molecule has 3 N–H and O–H groups in total. The van der Waals surface area contributed by atoms with E-state index < -0.39 is 0 Å². The lowest BCUT2D eigenvalue weighted by atomic mass is 9.95. The molecular weight excluding hydrogens is 338 g/mol. The third-order valence-corrected chi connectivity index (χ3v) is 4.59. The molecule has 1 aliphatic heterocycles. The Balaban J connectivity index is 0.00000312. The summed E-state index contributed by atoms with van der Waals surface area (Å²) in [6.07, 6.45) is 3.61. The van der Waals surface area contributed by atoms with Crippen LogP contribution in [0.3, 0.4) is 0 Å². The number of benzene rings is 1. The second-order valence-electron chi connectivity index (χ2n) is 6.70. The van der Waals surface area contributed by atoms with E-state index in [4.69, 9.17) is 5.73 Å². The molecule has 1 atom stereocenters. The van der Waals surface area contributed by atoms with Crippen molar-refractivity contribution >= 4 is 24.2 Å². The maximum absolute atomic E-state index is 12.3. The molecule has 1 heterocycles. The van der Waals surface area contributed by atoms with Gasteiger partial charge in [0.25, 0.3) is 0 Å². The van der Waals surface area contributed by atoms with Gasteiger partial charge in [0.2, 0.25) is 11.8 Å². The molecule has 1 aromatic rings. The number of halogens is 1.